The molecule has 1 N–H and O–H groups in total. The maximum atomic E-state index is 10.3. The SMILES string of the molecule is CCCn1ncnc1CC(O)c1cc(Cl)ccc1Cl. The highest BCUT2D eigenvalue weighted by Crippen LogP contribution is 2.28. The van der Waals surface area contributed by atoms with Crippen molar-refractivity contribution in [2.75, 3.05) is 0 Å². The average molecular weight is 300 g/mol. The van der Waals surface area contributed by atoms with Gasteiger partial charge < -0.3 is 5.11 Å². The van der Waals surface area contributed by atoms with Crippen molar-refractivity contribution < 1.29 is 5.11 Å². The van der Waals surface area contributed by atoms with E-state index in [-0.39, 0.29) is 0 Å². The number of aliphatic hydroxyl groups is 1. The Hall–Kier alpha value is -1.10. The molecule has 1 atom stereocenters. The van der Waals surface area contributed by atoms with Crippen LogP contribution in [-0.2, 0) is 13.0 Å². The number of hydrogen-bond acceptors (Lipinski definition) is 3. The lowest BCUT2D eigenvalue weighted by molar-refractivity contribution is 0.174. The number of hydrogen-bond donors (Lipinski definition) is 1. The van der Waals surface area contributed by atoms with Crippen LogP contribution in [-0.4, -0.2) is 19.9 Å². The highest BCUT2D eigenvalue weighted by atomic mass is 35.5. The van der Waals surface area contributed by atoms with E-state index in [2.05, 4.69) is 17.0 Å². The summed E-state index contributed by atoms with van der Waals surface area (Å²) >= 11 is 12.0. The molecule has 0 saturated carbocycles. The van der Waals surface area contributed by atoms with E-state index in [9.17, 15) is 5.11 Å². The molecule has 1 aromatic heterocycles. The molecule has 0 radical (unpaired) electrons. The fourth-order valence-electron chi connectivity index (χ4n) is 1.90. The number of halogens is 2. The number of benzene rings is 1. The molecular formula is C13H15Cl2N3O. The van der Waals surface area contributed by atoms with Gasteiger partial charge in [-0.15, -0.1) is 0 Å². The standard InChI is InChI=1S/C13H15Cl2N3O/c1-2-5-18-13(16-8-17-18)7-12(19)10-6-9(14)3-4-11(10)15/h3-4,6,8,12,19H,2,5,7H2,1H3. The summed E-state index contributed by atoms with van der Waals surface area (Å²) in [6, 6.07) is 5.05. The summed E-state index contributed by atoms with van der Waals surface area (Å²) in [5, 5.41) is 15.4. The molecule has 19 heavy (non-hydrogen) atoms. The molecule has 0 spiro atoms. The van der Waals surface area contributed by atoms with Crippen LogP contribution < -0.4 is 0 Å². The highest BCUT2D eigenvalue weighted by Gasteiger charge is 2.16. The second-order valence-corrected chi connectivity index (χ2v) is 5.13. The van der Waals surface area contributed by atoms with E-state index in [1.807, 2.05) is 0 Å². The van der Waals surface area contributed by atoms with E-state index in [0.29, 0.717) is 22.0 Å². The van der Waals surface area contributed by atoms with Crippen molar-refractivity contribution in [3.05, 3.63) is 46.0 Å². The van der Waals surface area contributed by atoms with Crippen LogP contribution in [0.2, 0.25) is 10.0 Å². The van der Waals surface area contributed by atoms with Gasteiger partial charge in [-0.2, -0.15) is 5.10 Å². The molecule has 6 heteroatoms. The minimum absolute atomic E-state index is 0.361. The Morgan fingerprint density at radius 2 is 2.16 bits per heavy atom. The van der Waals surface area contributed by atoms with Gasteiger partial charge in [0.05, 0.1) is 6.10 Å². The normalized spacial score (nSPS) is 12.6. The van der Waals surface area contributed by atoms with E-state index in [1.54, 1.807) is 22.9 Å². The van der Waals surface area contributed by atoms with Gasteiger partial charge in [-0.25, -0.2) is 4.98 Å². The second kappa shape index (κ2) is 6.37. The Morgan fingerprint density at radius 1 is 1.37 bits per heavy atom. The first kappa shape index (κ1) is 14.3. The van der Waals surface area contributed by atoms with Crippen LogP contribution in [0.1, 0.15) is 30.8 Å². The van der Waals surface area contributed by atoms with E-state index < -0.39 is 6.10 Å². The van der Waals surface area contributed by atoms with Crippen molar-refractivity contribution in [2.45, 2.75) is 32.4 Å². The Kier molecular flexibility index (Phi) is 4.80. The lowest BCUT2D eigenvalue weighted by atomic mass is 10.1. The lowest BCUT2D eigenvalue weighted by Crippen LogP contribution is -2.10. The Morgan fingerprint density at radius 3 is 2.89 bits per heavy atom. The molecule has 0 aliphatic heterocycles. The molecule has 1 unspecified atom stereocenters. The maximum absolute atomic E-state index is 10.3. The average Bonchev–Trinajstić information content (AvgIpc) is 2.80. The van der Waals surface area contributed by atoms with Crippen LogP contribution in [0.3, 0.4) is 0 Å². The van der Waals surface area contributed by atoms with Crippen LogP contribution in [0.25, 0.3) is 0 Å². The van der Waals surface area contributed by atoms with Gasteiger partial charge in [-0.1, -0.05) is 30.1 Å². The van der Waals surface area contributed by atoms with E-state index >= 15 is 0 Å². The number of aliphatic hydroxyl groups excluding tert-OH is 1. The molecule has 0 fully saturated rings. The van der Waals surface area contributed by atoms with E-state index in [4.69, 9.17) is 23.2 Å². The number of nitrogens with zero attached hydrogens (tertiary/aromatic N) is 3. The predicted molar refractivity (Wildman–Crippen MR) is 75.4 cm³/mol. The highest BCUT2D eigenvalue weighted by molar-refractivity contribution is 6.33. The Bertz CT molecular complexity index is 557. The third-order valence-corrected chi connectivity index (χ3v) is 3.40. The molecule has 4 nitrogen and oxygen atoms in total. The summed E-state index contributed by atoms with van der Waals surface area (Å²) in [4.78, 5) is 4.17. The summed E-state index contributed by atoms with van der Waals surface area (Å²) in [6.45, 7) is 2.85. The smallest absolute Gasteiger partial charge is 0.138 e. The summed E-state index contributed by atoms with van der Waals surface area (Å²) in [7, 11) is 0. The van der Waals surface area contributed by atoms with Gasteiger partial charge in [0.15, 0.2) is 0 Å². The molecule has 1 heterocycles. The van der Waals surface area contributed by atoms with Gasteiger partial charge in [0.2, 0.25) is 0 Å². The molecule has 102 valence electrons. The Labute approximate surface area is 122 Å². The van der Waals surface area contributed by atoms with Crippen LogP contribution in [0.4, 0.5) is 0 Å². The zero-order chi connectivity index (χ0) is 13.8. The summed E-state index contributed by atoms with van der Waals surface area (Å²) in [5.74, 6) is 0.741. The lowest BCUT2D eigenvalue weighted by Gasteiger charge is -2.13. The van der Waals surface area contributed by atoms with Crippen molar-refractivity contribution in [3.63, 3.8) is 0 Å². The van der Waals surface area contributed by atoms with Gasteiger partial charge in [0, 0.05) is 28.6 Å². The van der Waals surface area contributed by atoms with Crippen molar-refractivity contribution in [1.29, 1.82) is 0 Å². The summed E-state index contributed by atoms with van der Waals surface area (Å²) in [6.07, 6.45) is 2.08. The first-order chi connectivity index (χ1) is 9.11. The molecule has 2 aromatic rings. The zero-order valence-corrected chi connectivity index (χ0v) is 12.1. The van der Waals surface area contributed by atoms with Gasteiger partial charge in [0.1, 0.15) is 12.2 Å². The third-order valence-electron chi connectivity index (χ3n) is 2.82. The van der Waals surface area contributed by atoms with Gasteiger partial charge in [-0.3, -0.25) is 4.68 Å². The predicted octanol–water partition coefficient (Wildman–Crippen LogP) is 3.27. The number of aromatic nitrogens is 3. The molecule has 0 aliphatic rings. The van der Waals surface area contributed by atoms with Gasteiger partial charge >= 0.3 is 0 Å². The second-order valence-electron chi connectivity index (χ2n) is 4.29. The molecule has 0 amide bonds. The van der Waals surface area contributed by atoms with Crippen LogP contribution in [0, 0.1) is 0 Å². The van der Waals surface area contributed by atoms with Crippen molar-refractivity contribution >= 4 is 23.2 Å². The summed E-state index contributed by atoms with van der Waals surface area (Å²) < 4.78 is 1.79. The van der Waals surface area contributed by atoms with Gasteiger partial charge in [0.25, 0.3) is 0 Å². The van der Waals surface area contributed by atoms with E-state index in [0.717, 1.165) is 18.8 Å². The van der Waals surface area contributed by atoms with Crippen LogP contribution in [0.5, 0.6) is 0 Å². The fraction of sp³-hybridized carbons (Fsp3) is 0.385. The van der Waals surface area contributed by atoms with Crippen LogP contribution >= 0.6 is 23.2 Å². The largest absolute Gasteiger partial charge is 0.388 e. The van der Waals surface area contributed by atoms with Gasteiger partial charge in [-0.05, 0) is 24.6 Å². The number of rotatable bonds is 5. The monoisotopic (exact) mass is 299 g/mol. The number of aryl methyl sites for hydroxylation is 1. The van der Waals surface area contributed by atoms with Crippen molar-refractivity contribution in [1.82, 2.24) is 14.8 Å². The minimum atomic E-state index is -0.744. The molecule has 0 saturated heterocycles. The maximum Gasteiger partial charge on any atom is 0.138 e. The first-order valence-electron chi connectivity index (χ1n) is 6.11. The quantitative estimate of drug-likeness (QED) is 0.922. The Balaban J connectivity index is 2.18. The molecular weight excluding hydrogens is 285 g/mol. The zero-order valence-electron chi connectivity index (χ0n) is 10.6. The minimum Gasteiger partial charge on any atom is -0.388 e. The van der Waals surface area contributed by atoms with Crippen LogP contribution in [0.15, 0.2) is 24.5 Å². The van der Waals surface area contributed by atoms with Crippen molar-refractivity contribution in [3.8, 4) is 0 Å². The summed E-state index contributed by atoms with van der Waals surface area (Å²) in [5.41, 5.74) is 0.611. The first-order valence-corrected chi connectivity index (χ1v) is 6.87. The molecule has 0 bridgehead atoms. The molecule has 1 aromatic carbocycles. The molecule has 2 rings (SSSR count). The molecule has 0 aliphatic carbocycles. The third kappa shape index (κ3) is 3.47. The van der Waals surface area contributed by atoms with E-state index in [1.165, 1.54) is 6.33 Å². The topological polar surface area (TPSA) is 50.9 Å². The van der Waals surface area contributed by atoms with Crippen molar-refractivity contribution in [2.24, 2.45) is 0 Å². The fourth-order valence-corrected chi connectivity index (χ4v) is 2.32.